The Morgan fingerprint density at radius 2 is 2.00 bits per heavy atom. The van der Waals surface area contributed by atoms with E-state index in [1.807, 2.05) is 32.2 Å². The highest BCUT2D eigenvalue weighted by Gasteiger charge is 2.28. The number of benzene rings is 1. The van der Waals surface area contributed by atoms with Gasteiger partial charge in [-0.25, -0.2) is 9.97 Å². The first-order valence-corrected chi connectivity index (χ1v) is 7.04. The van der Waals surface area contributed by atoms with Crippen LogP contribution in [0.25, 0.3) is 0 Å². The Morgan fingerprint density at radius 1 is 1.24 bits per heavy atom. The lowest BCUT2D eigenvalue weighted by molar-refractivity contribution is 0.924. The Balaban J connectivity index is 1.97. The second-order valence-electron chi connectivity index (χ2n) is 5.25. The van der Waals surface area contributed by atoms with Crippen molar-refractivity contribution in [3.05, 3.63) is 41.2 Å². The molecule has 1 aromatic carbocycles. The van der Waals surface area contributed by atoms with Crippen molar-refractivity contribution in [2.75, 3.05) is 17.7 Å². The molecule has 0 bridgehead atoms. The highest BCUT2D eigenvalue weighted by atomic mass is 15.1. The molecule has 1 aliphatic rings. The third-order valence-electron chi connectivity index (χ3n) is 3.60. The van der Waals surface area contributed by atoms with Crippen molar-refractivity contribution in [1.82, 2.24) is 9.97 Å². The van der Waals surface area contributed by atoms with Crippen LogP contribution >= 0.6 is 0 Å². The van der Waals surface area contributed by atoms with E-state index in [9.17, 15) is 0 Å². The number of nitrogens with zero attached hydrogens (tertiary/aromatic N) is 3. The maximum atomic E-state index is 8.98. The maximum Gasteiger partial charge on any atom is 0.139 e. The number of anilines is 3. The van der Waals surface area contributed by atoms with Gasteiger partial charge in [0.25, 0.3) is 0 Å². The fourth-order valence-corrected chi connectivity index (χ4v) is 2.23. The summed E-state index contributed by atoms with van der Waals surface area (Å²) in [6, 6.07) is 9.53. The molecule has 5 nitrogen and oxygen atoms in total. The molecule has 1 fully saturated rings. The van der Waals surface area contributed by atoms with Gasteiger partial charge < -0.3 is 10.6 Å². The maximum absolute atomic E-state index is 8.98. The monoisotopic (exact) mass is 279 g/mol. The minimum absolute atomic E-state index is 0.490. The van der Waals surface area contributed by atoms with E-state index in [4.69, 9.17) is 5.26 Å². The van der Waals surface area contributed by atoms with Gasteiger partial charge in [0.1, 0.15) is 17.5 Å². The molecule has 0 spiro atoms. The number of aromatic nitrogens is 2. The van der Waals surface area contributed by atoms with Crippen LogP contribution in [0.4, 0.5) is 17.3 Å². The molecule has 0 unspecified atom stereocenters. The number of rotatable bonds is 4. The molecule has 0 saturated heterocycles. The van der Waals surface area contributed by atoms with Crippen LogP contribution in [0.15, 0.2) is 24.3 Å². The summed E-state index contributed by atoms with van der Waals surface area (Å²) in [6.45, 7) is 1.99. The van der Waals surface area contributed by atoms with Crippen molar-refractivity contribution >= 4 is 17.3 Å². The second kappa shape index (κ2) is 5.41. The van der Waals surface area contributed by atoms with E-state index < -0.39 is 0 Å². The van der Waals surface area contributed by atoms with E-state index in [1.165, 1.54) is 0 Å². The molecular formula is C16H17N5. The zero-order valence-corrected chi connectivity index (χ0v) is 12.1. The molecule has 1 aliphatic carbocycles. The predicted molar refractivity (Wildman–Crippen MR) is 82.7 cm³/mol. The number of hydrogen-bond donors (Lipinski definition) is 2. The summed E-state index contributed by atoms with van der Waals surface area (Å²) in [7, 11) is 1.87. The summed E-state index contributed by atoms with van der Waals surface area (Å²) in [6.07, 6.45) is 2.32. The van der Waals surface area contributed by atoms with Crippen molar-refractivity contribution in [2.45, 2.75) is 25.7 Å². The van der Waals surface area contributed by atoms with Crippen LogP contribution in [-0.2, 0) is 0 Å². The van der Waals surface area contributed by atoms with Gasteiger partial charge in [0, 0.05) is 24.2 Å². The quantitative estimate of drug-likeness (QED) is 0.898. The van der Waals surface area contributed by atoms with Gasteiger partial charge in [-0.3, -0.25) is 0 Å². The Bertz CT molecular complexity index is 713. The first-order chi connectivity index (χ1) is 10.2. The first kappa shape index (κ1) is 13.4. The van der Waals surface area contributed by atoms with Gasteiger partial charge in [0.2, 0.25) is 0 Å². The van der Waals surface area contributed by atoms with Crippen LogP contribution in [0.1, 0.15) is 35.7 Å². The van der Waals surface area contributed by atoms with Crippen LogP contribution in [0.2, 0.25) is 0 Å². The van der Waals surface area contributed by atoms with E-state index in [1.54, 1.807) is 6.07 Å². The summed E-state index contributed by atoms with van der Waals surface area (Å²) in [5.41, 5.74) is 2.46. The summed E-state index contributed by atoms with van der Waals surface area (Å²) in [4.78, 5) is 9.22. The number of nitrogens with one attached hydrogen (secondary N) is 2. The van der Waals surface area contributed by atoms with E-state index in [0.29, 0.717) is 11.5 Å². The molecule has 1 saturated carbocycles. The van der Waals surface area contributed by atoms with Gasteiger partial charge in [-0.15, -0.1) is 0 Å². The lowest BCUT2D eigenvalue weighted by Crippen LogP contribution is -2.06. The highest BCUT2D eigenvalue weighted by molar-refractivity contribution is 5.65. The van der Waals surface area contributed by atoms with Crippen molar-refractivity contribution in [3.63, 3.8) is 0 Å². The molecule has 106 valence electrons. The average molecular weight is 279 g/mol. The van der Waals surface area contributed by atoms with Crippen LogP contribution in [0, 0.1) is 18.3 Å². The smallest absolute Gasteiger partial charge is 0.139 e. The zero-order chi connectivity index (χ0) is 14.8. The Morgan fingerprint density at radius 3 is 2.67 bits per heavy atom. The van der Waals surface area contributed by atoms with Crippen molar-refractivity contribution < 1.29 is 0 Å². The Hall–Kier alpha value is -2.61. The minimum atomic E-state index is 0.490. The van der Waals surface area contributed by atoms with Crippen molar-refractivity contribution in [3.8, 4) is 6.07 Å². The first-order valence-electron chi connectivity index (χ1n) is 7.04. The Kier molecular flexibility index (Phi) is 3.44. The van der Waals surface area contributed by atoms with Gasteiger partial charge in [0.15, 0.2) is 0 Å². The van der Waals surface area contributed by atoms with Crippen LogP contribution in [0.3, 0.4) is 0 Å². The molecule has 0 radical (unpaired) electrons. The summed E-state index contributed by atoms with van der Waals surface area (Å²) in [5, 5.41) is 15.4. The van der Waals surface area contributed by atoms with Gasteiger partial charge in [0.05, 0.1) is 11.6 Å². The third kappa shape index (κ3) is 2.79. The molecular weight excluding hydrogens is 262 g/mol. The molecule has 1 aromatic heterocycles. The standard InChI is InChI=1S/C16H17N5/c1-10-14(18-2)20-16(12-6-7-12)21-15(10)19-13-5-3-4-11(8-13)9-17/h3-5,8,12H,6-7H2,1-2H3,(H2,18,19,20,21). The Labute approximate surface area is 124 Å². The lowest BCUT2D eigenvalue weighted by atomic mass is 10.2. The van der Waals surface area contributed by atoms with Crippen LogP contribution in [-0.4, -0.2) is 17.0 Å². The largest absolute Gasteiger partial charge is 0.373 e. The molecule has 3 rings (SSSR count). The normalized spacial score (nSPS) is 13.6. The van der Waals surface area contributed by atoms with Gasteiger partial charge in [-0.05, 0) is 38.0 Å². The SMILES string of the molecule is CNc1nc(C2CC2)nc(Nc2cccc(C#N)c2)c1C. The van der Waals surface area contributed by atoms with E-state index in [2.05, 4.69) is 26.7 Å². The van der Waals surface area contributed by atoms with E-state index >= 15 is 0 Å². The molecule has 0 aliphatic heterocycles. The molecule has 1 heterocycles. The van der Waals surface area contributed by atoms with Crippen LogP contribution < -0.4 is 10.6 Å². The fourth-order valence-electron chi connectivity index (χ4n) is 2.23. The topological polar surface area (TPSA) is 73.6 Å². The van der Waals surface area contributed by atoms with Crippen molar-refractivity contribution in [1.29, 1.82) is 5.26 Å². The summed E-state index contributed by atoms with van der Waals surface area (Å²) in [5.74, 6) is 3.03. The second-order valence-corrected chi connectivity index (χ2v) is 5.25. The van der Waals surface area contributed by atoms with E-state index in [0.717, 1.165) is 41.6 Å². The zero-order valence-electron chi connectivity index (χ0n) is 12.1. The lowest BCUT2D eigenvalue weighted by Gasteiger charge is -2.13. The van der Waals surface area contributed by atoms with Crippen molar-refractivity contribution in [2.24, 2.45) is 0 Å². The fraction of sp³-hybridized carbons (Fsp3) is 0.312. The molecule has 0 atom stereocenters. The highest BCUT2D eigenvalue weighted by Crippen LogP contribution is 2.39. The van der Waals surface area contributed by atoms with Crippen LogP contribution in [0.5, 0.6) is 0 Å². The molecule has 2 aromatic rings. The molecule has 21 heavy (non-hydrogen) atoms. The van der Waals surface area contributed by atoms with Gasteiger partial charge >= 0.3 is 0 Å². The average Bonchev–Trinajstić information content (AvgIpc) is 3.34. The molecule has 5 heteroatoms. The minimum Gasteiger partial charge on any atom is -0.373 e. The van der Waals surface area contributed by atoms with Gasteiger partial charge in [-0.2, -0.15) is 5.26 Å². The predicted octanol–water partition coefficient (Wildman–Crippen LogP) is 3.32. The third-order valence-corrected chi connectivity index (χ3v) is 3.60. The summed E-state index contributed by atoms with van der Waals surface area (Å²) < 4.78 is 0. The van der Waals surface area contributed by atoms with E-state index in [-0.39, 0.29) is 0 Å². The van der Waals surface area contributed by atoms with Gasteiger partial charge in [-0.1, -0.05) is 6.07 Å². The number of nitriles is 1. The summed E-state index contributed by atoms with van der Waals surface area (Å²) >= 11 is 0. The number of hydrogen-bond acceptors (Lipinski definition) is 5. The molecule has 2 N–H and O–H groups in total. The molecule has 0 amide bonds.